The van der Waals surface area contributed by atoms with Crippen molar-refractivity contribution in [2.45, 2.75) is 19.8 Å². The van der Waals surface area contributed by atoms with Gasteiger partial charge in [-0.25, -0.2) is 9.97 Å². The molecule has 3 aromatic rings. The molecule has 0 bridgehead atoms. The predicted octanol–water partition coefficient (Wildman–Crippen LogP) is 4.85. The smallest absolute Gasteiger partial charge is 0.178 e. The van der Waals surface area contributed by atoms with Crippen molar-refractivity contribution in [2.24, 2.45) is 0 Å². The number of benzene rings is 2. The monoisotopic (exact) mass is 316 g/mol. The quantitative estimate of drug-likeness (QED) is 0.691. The van der Waals surface area contributed by atoms with Crippen LogP contribution in [0, 0.1) is 0 Å². The van der Waals surface area contributed by atoms with E-state index in [1.54, 1.807) is 12.4 Å². The molecule has 120 valence electrons. The summed E-state index contributed by atoms with van der Waals surface area (Å²) in [5, 5.41) is 0. The van der Waals surface area contributed by atoms with E-state index in [0.29, 0.717) is 12.6 Å². The summed E-state index contributed by atoms with van der Waals surface area (Å²) in [5.41, 5.74) is 3.65. The summed E-state index contributed by atoms with van der Waals surface area (Å²) in [5.74, 6) is 2.27. The van der Waals surface area contributed by atoms with Crippen LogP contribution in [0.2, 0.25) is 0 Å². The van der Waals surface area contributed by atoms with Crippen molar-refractivity contribution in [3.63, 3.8) is 0 Å². The van der Waals surface area contributed by atoms with E-state index in [2.05, 4.69) is 82.1 Å². The molecule has 0 saturated heterocycles. The molecule has 4 nitrogen and oxygen atoms in total. The first-order chi connectivity index (χ1) is 11.8. The molecule has 0 atom stereocenters. The van der Waals surface area contributed by atoms with Crippen molar-refractivity contribution in [3.8, 4) is 0 Å². The molecule has 0 radical (unpaired) electrons. The second kappa shape index (κ2) is 5.96. The molecule has 0 N–H and O–H groups in total. The molecule has 24 heavy (non-hydrogen) atoms. The number of anilines is 4. The highest BCUT2D eigenvalue weighted by Gasteiger charge is 2.31. The van der Waals surface area contributed by atoms with Crippen molar-refractivity contribution in [2.75, 3.05) is 16.5 Å². The van der Waals surface area contributed by atoms with Crippen LogP contribution in [0.4, 0.5) is 23.0 Å². The first-order valence-corrected chi connectivity index (χ1v) is 8.26. The summed E-state index contributed by atoms with van der Waals surface area (Å²) in [6.07, 6.45) is 3.52. The molecule has 1 aliphatic rings. The van der Waals surface area contributed by atoms with Crippen LogP contribution in [0.25, 0.3) is 0 Å². The molecule has 2 heterocycles. The third-order valence-electron chi connectivity index (χ3n) is 4.37. The second-order valence-electron chi connectivity index (χ2n) is 6.25. The van der Waals surface area contributed by atoms with E-state index in [0.717, 1.165) is 17.3 Å². The van der Waals surface area contributed by atoms with Crippen LogP contribution in [-0.2, 0) is 0 Å². The highest BCUT2D eigenvalue weighted by atomic mass is 15.4. The van der Waals surface area contributed by atoms with Gasteiger partial charge in [-0.05, 0) is 29.7 Å². The van der Waals surface area contributed by atoms with Crippen molar-refractivity contribution in [3.05, 3.63) is 72.6 Å². The van der Waals surface area contributed by atoms with Crippen LogP contribution in [0.3, 0.4) is 0 Å². The Morgan fingerprint density at radius 3 is 2.12 bits per heavy atom. The van der Waals surface area contributed by atoms with E-state index in [9.17, 15) is 0 Å². The third kappa shape index (κ3) is 2.40. The number of nitrogens with zero attached hydrogens (tertiary/aromatic N) is 4. The number of hydrogen-bond donors (Lipinski definition) is 0. The van der Waals surface area contributed by atoms with Gasteiger partial charge in [0.2, 0.25) is 0 Å². The Labute approximate surface area is 142 Å². The number of rotatable bonds is 3. The van der Waals surface area contributed by atoms with Crippen molar-refractivity contribution in [1.29, 1.82) is 0 Å². The standard InChI is InChI=1S/C20H20N4/c1-15(2)17-10-6-7-11-18(17)24-14-23(16-8-4-3-5-9-16)19-20(24)22-13-12-21-19/h3-13,15H,14H2,1-2H3. The number of fused-ring (bicyclic) bond motifs is 1. The Kier molecular flexibility index (Phi) is 3.65. The summed E-state index contributed by atoms with van der Waals surface area (Å²) in [7, 11) is 0. The molecule has 2 aromatic carbocycles. The predicted molar refractivity (Wildman–Crippen MR) is 98.2 cm³/mol. The fourth-order valence-corrected chi connectivity index (χ4v) is 3.20. The second-order valence-corrected chi connectivity index (χ2v) is 6.25. The number of hydrogen-bond acceptors (Lipinski definition) is 4. The summed E-state index contributed by atoms with van der Waals surface area (Å²) in [6.45, 7) is 5.16. The van der Waals surface area contributed by atoms with Gasteiger partial charge in [-0.2, -0.15) is 0 Å². The zero-order valence-corrected chi connectivity index (χ0v) is 13.9. The Morgan fingerprint density at radius 2 is 1.42 bits per heavy atom. The highest BCUT2D eigenvalue weighted by Crippen LogP contribution is 2.42. The number of aromatic nitrogens is 2. The first kappa shape index (κ1) is 14.7. The van der Waals surface area contributed by atoms with Crippen molar-refractivity contribution < 1.29 is 0 Å². The van der Waals surface area contributed by atoms with Gasteiger partial charge in [0.1, 0.15) is 6.67 Å². The fourth-order valence-electron chi connectivity index (χ4n) is 3.20. The first-order valence-electron chi connectivity index (χ1n) is 8.26. The van der Waals surface area contributed by atoms with Gasteiger partial charge in [0.25, 0.3) is 0 Å². The Bertz CT molecular complexity index is 845. The summed E-state index contributed by atoms with van der Waals surface area (Å²) in [6, 6.07) is 18.9. The Balaban J connectivity index is 1.82. The average Bonchev–Trinajstić information content (AvgIpc) is 3.02. The maximum absolute atomic E-state index is 4.62. The lowest BCUT2D eigenvalue weighted by Gasteiger charge is -2.24. The van der Waals surface area contributed by atoms with Crippen LogP contribution >= 0.6 is 0 Å². The van der Waals surface area contributed by atoms with E-state index in [1.807, 2.05) is 6.07 Å². The van der Waals surface area contributed by atoms with Gasteiger partial charge in [0.15, 0.2) is 11.6 Å². The van der Waals surface area contributed by atoms with Gasteiger partial charge < -0.3 is 9.80 Å². The molecule has 0 aliphatic carbocycles. The van der Waals surface area contributed by atoms with E-state index in [4.69, 9.17) is 0 Å². The van der Waals surface area contributed by atoms with E-state index in [1.165, 1.54) is 11.3 Å². The van der Waals surface area contributed by atoms with E-state index >= 15 is 0 Å². The van der Waals surface area contributed by atoms with Crippen LogP contribution < -0.4 is 9.80 Å². The Morgan fingerprint density at radius 1 is 0.792 bits per heavy atom. The molecule has 1 aromatic heterocycles. The molecule has 0 amide bonds. The molecule has 4 heteroatoms. The van der Waals surface area contributed by atoms with Gasteiger partial charge in [-0.1, -0.05) is 50.2 Å². The SMILES string of the molecule is CC(C)c1ccccc1N1CN(c2ccccc2)c2nccnc21. The number of para-hydroxylation sites is 2. The van der Waals surface area contributed by atoms with Crippen LogP contribution in [0.1, 0.15) is 25.3 Å². The molecule has 0 saturated carbocycles. The molecular weight excluding hydrogens is 296 g/mol. The van der Waals surface area contributed by atoms with Crippen LogP contribution in [-0.4, -0.2) is 16.6 Å². The van der Waals surface area contributed by atoms with Crippen molar-refractivity contribution in [1.82, 2.24) is 9.97 Å². The fraction of sp³-hybridized carbons (Fsp3) is 0.200. The highest BCUT2D eigenvalue weighted by molar-refractivity contribution is 5.82. The molecule has 0 fully saturated rings. The topological polar surface area (TPSA) is 32.3 Å². The average molecular weight is 316 g/mol. The lowest BCUT2D eigenvalue weighted by Crippen LogP contribution is -2.25. The largest absolute Gasteiger partial charge is 0.305 e. The molecule has 0 spiro atoms. The summed E-state index contributed by atoms with van der Waals surface area (Å²) < 4.78 is 0. The molecule has 4 rings (SSSR count). The summed E-state index contributed by atoms with van der Waals surface area (Å²) >= 11 is 0. The third-order valence-corrected chi connectivity index (χ3v) is 4.37. The zero-order valence-electron chi connectivity index (χ0n) is 13.9. The van der Waals surface area contributed by atoms with E-state index < -0.39 is 0 Å². The zero-order chi connectivity index (χ0) is 16.5. The summed E-state index contributed by atoms with van der Waals surface area (Å²) in [4.78, 5) is 13.7. The molecule has 0 unspecified atom stereocenters. The normalized spacial score (nSPS) is 13.5. The minimum atomic E-state index is 0.451. The van der Waals surface area contributed by atoms with Gasteiger partial charge in [0, 0.05) is 23.8 Å². The van der Waals surface area contributed by atoms with Gasteiger partial charge in [-0.3, -0.25) is 0 Å². The van der Waals surface area contributed by atoms with Crippen molar-refractivity contribution >= 4 is 23.0 Å². The molecule has 1 aliphatic heterocycles. The lowest BCUT2D eigenvalue weighted by atomic mass is 10.0. The van der Waals surface area contributed by atoms with Gasteiger partial charge in [0.05, 0.1) is 0 Å². The van der Waals surface area contributed by atoms with Crippen LogP contribution in [0.5, 0.6) is 0 Å². The van der Waals surface area contributed by atoms with Gasteiger partial charge >= 0.3 is 0 Å². The van der Waals surface area contributed by atoms with Crippen LogP contribution in [0.15, 0.2) is 67.0 Å². The molecular formula is C20H20N4. The Hall–Kier alpha value is -2.88. The maximum Gasteiger partial charge on any atom is 0.178 e. The lowest BCUT2D eigenvalue weighted by molar-refractivity contribution is 0.853. The minimum absolute atomic E-state index is 0.451. The van der Waals surface area contributed by atoms with Gasteiger partial charge in [-0.15, -0.1) is 0 Å². The minimum Gasteiger partial charge on any atom is -0.305 e. The van der Waals surface area contributed by atoms with E-state index in [-0.39, 0.29) is 0 Å². The maximum atomic E-state index is 4.62.